The van der Waals surface area contributed by atoms with Gasteiger partial charge in [0.05, 0.1) is 11.5 Å². The van der Waals surface area contributed by atoms with Crippen LogP contribution in [0.2, 0.25) is 0 Å². The van der Waals surface area contributed by atoms with Crippen LogP contribution in [0.1, 0.15) is 36.0 Å². The molecule has 0 bridgehead atoms. The van der Waals surface area contributed by atoms with Crippen LogP contribution in [0.3, 0.4) is 0 Å². The second-order valence-corrected chi connectivity index (χ2v) is 4.45. The van der Waals surface area contributed by atoms with Crippen molar-refractivity contribution >= 4 is 11.9 Å². The Bertz CT molecular complexity index is 424. The molecule has 1 fully saturated rings. The number of pyridine rings is 1. The summed E-state index contributed by atoms with van der Waals surface area (Å²) in [7, 11) is 0. The minimum atomic E-state index is -0.756. The highest BCUT2D eigenvalue weighted by molar-refractivity contribution is 5.89. The van der Waals surface area contributed by atoms with Crippen LogP contribution in [-0.2, 0) is 9.53 Å². The fraction of sp³-hybridized carbons (Fsp3) is 0.462. The van der Waals surface area contributed by atoms with E-state index in [-0.39, 0.29) is 18.0 Å². The van der Waals surface area contributed by atoms with E-state index in [1.807, 2.05) is 0 Å². The first-order valence-electron chi connectivity index (χ1n) is 6.00. The number of carbonyl (C=O) groups is 2. The van der Waals surface area contributed by atoms with Crippen molar-refractivity contribution in [1.29, 1.82) is 0 Å². The molecule has 1 aromatic heterocycles. The SMILES string of the molecule is O=C(OC1CCC(C(=O)O)CC1)c1ccncc1. The molecule has 0 aliphatic heterocycles. The standard InChI is InChI=1S/C13H15NO4/c15-12(16)9-1-3-11(4-2-9)18-13(17)10-5-7-14-8-6-10/h5-9,11H,1-4H2,(H,15,16). The van der Waals surface area contributed by atoms with Gasteiger partial charge in [-0.1, -0.05) is 0 Å². The number of carboxylic acids is 1. The van der Waals surface area contributed by atoms with Gasteiger partial charge in [0.25, 0.3) is 0 Å². The predicted octanol–water partition coefficient (Wildman–Crippen LogP) is 1.88. The molecule has 0 atom stereocenters. The van der Waals surface area contributed by atoms with E-state index in [0.29, 0.717) is 31.2 Å². The number of hydrogen-bond donors (Lipinski definition) is 1. The lowest BCUT2D eigenvalue weighted by atomic mass is 9.87. The number of hydrogen-bond acceptors (Lipinski definition) is 4. The van der Waals surface area contributed by atoms with Crippen molar-refractivity contribution in [3.05, 3.63) is 30.1 Å². The zero-order chi connectivity index (χ0) is 13.0. The molecule has 0 spiro atoms. The van der Waals surface area contributed by atoms with E-state index in [1.54, 1.807) is 12.1 Å². The zero-order valence-electron chi connectivity index (χ0n) is 9.91. The molecule has 1 N–H and O–H groups in total. The van der Waals surface area contributed by atoms with E-state index in [1.165, 1.54) is 12.4 Å². The number of carbonyl (C=O) groups excluding carboxylic acids is 1. The molecular weight excluding hydrogens is 234 g/mol. The lowest BCUT2D eigenvalue weighted by Gasteiger charge is -2.25. The smallest absolute Gasteiger partial charge is 0.338 e. The van der Waals surface area contributed by atoms with Gasteiger partial charge in [-0.2, -0.15) is 0 Å². The van der Waals surface area contributed by atoms with Crippen LogP contribution in [0.15, 0.2) is 24.5 Å². The minimum Gasteiger partial charge on any atom is -0.481 e. The van der Waals surface area contributed by atoms with Gasteiger partial charge in [0, 0.05) is 12.4 Å². The average molecular weight is 249 g/mol. The lowest BCUT2D eigenvalue weighted by molar-refractivity contribution is -0.143. The number of esters is 1. The van der Waals surface area contributed by atoms with E-state index >= 15 is 0 Å². The first-order chi connectivity index (χ1) is 8.66. The minimum absolute atomic E-state index is 0.165. The molecule has 5 nitrogen and oxygen atoms in total. The van der Waals surface area contributed by atoms with Gasteiger partial charge in [0.1, 0.15) is 6.10 Å². The van der Waals surface area contributed by atoms with E-state index in [9.17, 15) is 9.59 Å². The number of aliphatic carboxylic acids is 1. The third kappa shape index (κ3) is 3.06. The predicted molar refractivity (Wildman–Crippen MR) is 63.0 cm³/mol. The molecule has 1 aromatic rings. The number of nitrogens with zero attached hydrogens (tertiary/aromatic N) is 1. The maximum absolute atomic E-state index is 11.8. The van der Waals surface area contributed by atoms with Crippen LogP contribution in [0.4, 0.5) is 0 Å². The van der Waals surface area contributed by atoms with Gasteiger partial charge < -0.3 is 9.84 Å². The van der Waals surface area contributed by atoms with Crippen molar-refractivity contribution < 1.29 is 19.4 Å². The Labute approximate surface area is 105 Å². The van der Waals surface area contributed by atoms with Gasteiger partial charge in [0.2, 0.25) is 0 Å². The van der Waals surface area contributed by atoms with Gasteiger partial charge in [-0.3, -0.25) is 9.78 Å². The molecule has 0 amide bonds. The fourth-order valence-electron chi connectivity index (χ4n) is 2.14. The van der Waals surface area contributed by atoms with Gasteiger partial charge in [-0.25, -0.2) is 4.79 Å². The zero-order valence-corrected chi connectivity index (χ0v) is 9.91. The molecule has 0 saturated heterocycles. The highest BCUT2D eigenvalue weighted by atomic mass is 16.5. The van der Waals surface area contributed by atoms with Crippen LogP contribution in [0.25, 0.3) is 0 Å². The molecule has 0 aromatic carbocycles. The summed E-state index contributed by atoms with van der Waals surface area (Å²) in [6, 6.07) is 3.20. The molecule has 1 aliphatic rings. The van der Waals surface area contributed by atoms with Crippen molar-refractivity contribution in [3.8, 4) is 0 Å². The van der Waals surface area contributed by atoms with Crippen LogP contribution < -0.4 is 0 Å². The molecule has 18 heavy (non-hydrogen) atoms. The molecule has 96 valence electrons. The van der Waals surface area contributed by atoms with E-state index in [2.05, 4.69) is 4.98 Å². The normalized spacial score (nSPS) is 23.3. The lowest BCUT2D eigenvalue weighted by Crippen LogP contribution is -2.27. The number of ether oxygens (including phenoxy) is 1. The summed E-state index contributed by atoms with van der Waals surface area (Å²) in [4.78, 5) is 26.4. The van der Waals surface area contributed by atoms with Crippen LogP contribution >= 0.6 is 0 Å². The quantitative estimate of drug-likeness (QED) is 0.828. The summed E-state index contributed by atoms with van der Waals surface area (Å²) in [5.74, 6) is -1.41. The summed E-state index contributed by atoms with van der Waals surface area (Å²) in [5, 5.41) is 8.87. The summed E-state index contributed by atoms with van der Waals surface area (Å²) in [6.07, 6.45) is 5.30. The highest BCUT2D eigenvalue weighted by Gasteiger charge is 2.28. The van der Waals surface area contributed by atoms with Crippen molar-refractivity contribution in [2.75, 3.05) is 0 Å². The molecule has 1 saturated carbocycles. The van der Waals surface area contributed by atoms with Crippen LogP contribution in [-0.4, -0.2) is 28.1 Å². The number of aromatic nitrogens is 1. The van der Waals surface area contributed by atoms with Gasteiger partial charge >= 0.3 is 11.9 Å². The van der Waals surface area contributed by atoms with Crippen molar-refractivity contribution in [1.82, 2.24) is 4.98 Å². The highest BCUT2D eigenvalue weighted by Crippen LogP contribution is 2.26. The first-order valence-corrected chi connectivity index (χ1v) is 6.00. The fourth-order valence-corrected chi connectivity index (χ4v) is 2.14. The largest absolute Gasteiger partial charge is 0.481 e. The molecule has 0 unspecified atom stereocenters. The second kappa shape index (κ2) is 5.62. The third-order valence-corrected chi connectivity index (χ3v) is 3.21. The summed E-state index contributed by atoms with van der Waals surface area (Å²) in [5.41, 5.74) is 0.477. The second-order valence-electron chi connectivity index (χ2n) is 4.45. The Morgan fingerprint density at radius 1 is 1.17 bits per heavy atom. The summed E-state index contributed by atoms with van der Waals surface area (Å²) >= 11 is 0. The van der Waals surface area contributed by atoms with Crippen molar-refractivity contribution in [2.24, 2.45) is 5.92 Å². The maximum Gasteiger partial charge on any atom is 0.338 e. The average Bonchev–Trinajstić information content (AvgIpc) is 2.40. The molecule has 0 radical (unpaired) electrons. The number of rotatable bonds is 3. The van der Waals surface area contributed by atoms with Crippen molar-refractivity contribution in [2.45, 2.75) is 31.8 Å². The van der Waals surface area contributed by atoms with Gasteiger partial charge in [-0.05, 0) is 37.8 Å². The van der Waals surface area contributed by atoms with Gasteiger partial charge in [0.15, 0.2) is 0 Å². The molecule has 2 rings (SSSR count). The summed E-state index contributed by atoms with van der Waals surface area (Å²) in [6.45, 7) is 0. The Morgan fingerprint density at radius 2 is 1.78 bits per heavy atom. The Hall–Kier alpha value is -1.91. The van der Waals surface area contributed by atoms with Gasteiger partial charge in [-0.15, -0.1) is 0 Å². The first kappa shape index (κ1) is 12.5. The Balaban J connectivity index is 1.85. The van der Waals surface area contributed by atoms with E-state index in [0.717, 1.165) is 0 Å². The molecule has 1 heterocycles. The Kier molecular flexibility index (Phi) is 3.92. The number of carboxylic acid groups (broad SMARTS) is 1. The van der Waals surface area contributed by atoms with E-state index < -0.39 is 5.97 Å². The third-order valence-electron chi connectivity index (χ3n) is 3.21. The van der Waals surface area contributed by atoms with Crippen LogP contribution in [0, 0.1) is 5.92 Å². The molecule has 1 aliphatic carbocycles. The van der Waals surface area contributed by atoms with Crippen LogP contribution in [0.5, 0.6) is 0 Å². The topological polar surface area (TPSA) is 76.5 Å². The summed E-state index contributed by atoms with van der Waals surface area (Å²) < 4.78 is 5.35. The van der Waals surface area contributed by atoms with E-state index in [4.69, 9.17) is 9.84 Å². The molecule has 5 heteroatoms. The van der Waals surface area contributed by atoms with Crippen molar-refractivity contribution in [3.63, 3.8) is 0 Å². The molecular formula is C13H15NO4. The maximum atomic E-state index is 11.8. The monoisotopic (exact) mass is 249 g/mol. The Morgan fingerprint density at radius 3 is 2.33 bits per heavy atom.